The molecule has 1 N–H and O–H groups in total. The van der Waals surface area contributed by atoms with Gasteiger partial charge in [-0.25, -0.2) is 4.98 Å². The van der Waals surface area contributed by atoms with Crippen LogP contribution in [0.5, 0.6) is 0 Å². The lowest BCUT2D eigenvalue weighted by Crippen LogP contribution is -2.44. The number of nitrogens with zero attached hydrogens (tertiary/aromatic N) is 3. The third-order valence-corrected chi connectivity index (χ3v) is 4.84. The molecule has 0 radical (unpaired) electrons. The van der Waals surface area contributed by atoms with Crippen LogP contribution in [0.15, 0.2) is 18.3 Å². The van der Waals surface area contributed by atoms with Crippen LogP contribution in [0.3, 0.4) is 0 Å². The third kappa shape index (κ3) is 3.14. The lowest BCUT2D eigenvalue weighted by Gasteiger charge is -2.20. The van der Waals surface area contributed by atoms with Crippen molar-refractivity contribution in [3.8, 4) is 0 Å². The molecular formula is C17H23ClN4O2. The molecular weight excluding hydrogens is 328 g/mol. The van der Waals surface area contributed by atoms with Gasteiger partial charge < -0.3 is 10.1 Å². The summed E-state index contributed by atoms with van der Waals surface area (Å²) in [6.07, 6.45) is 1.70. The Labute approximate surface area is 146 Å². The van der Waals surface area contributed by atoms with Crippen LogP contribution in [0, 0.1) is 6.92 Å². The summed E-state index contributed by atoms with van der Waals surface area (Å²) in [5.41, 5.74) is 1.91. The van der Waals surface area contributed by atoms with E-state index in [9.17, 15) is 4.79 Å². The Morgan fingerprint density at radius 3 is 2.83 bits per heavy atom. The number of pyridine rings is 1. The van der Waals surface area contributed by atoms with E-state index in [0.717, 1.165) is 13.1 Å². The van der Waals surface area contributed by atoms with Crippen LogP contribution in [0.1, 0.15) is 30.0 Å². The van der Waals surface area contributed by atoms with Crippen molar-refractivity contribution in [2.45, 2.75) is 39.0 Å². The molecule has 1 aliphatic rings. The molecule has 1 aliphatic heterocycles. The van der Waals surface area contributed by atoms with Crippen molar-refractivity contribution < 1.29 is 9.53 Å². The van der Waals surface area contributed by atoms with Crippen LogP contribution in [0.25, 0.3) is 5.65 Å². The largest absolute Gasteiger partial charge is 0.378 e. The van der Waals surface area contributed by atoms with Crippen LogP contribution in [-0.2, 0) is 4.74 Å². The summed E-state index contributed by atoms with van der Waals surface area (Å²) in [5, 5.41) is 3.68. The predicted octanol–water partition coefficient (Wildman–Crippen LogP) is 2.13. The minimum Gasteiger partial charge on any atom is -0.378 e. The number of halogens is 1. The summed E-state index contributed by atoms with van der Waals surface area (Å²) in [7, 11) is 1.69. The Balaban J connectivity index is 1.85. The Morgan fingerprint density at radius 2 is 2.17 bits per heavy atom. The minimum atomic E-state index is -0.153. The Hall–Kier alpha value is -1.63. The summed E-state index contributed by atoms with van der Waals surface area (Å²) in [4.78, 5) is 19.6. The molecule has 0 unspecified atom stereocenters. The fourth-order valence-electron chi connectivity index (χ4n) is 3.25. The molecule has 7 heteroatoms. The number of aromatic nitrogens is 2. The van der Waals surface area contributed by atoms with Crippen molar-refractivity contribution in [2.75, 3.05) is 20.2 Å². The molecule has 0 spiro atoms. The number of nitrogens with one attached hydrogen (secondary N) is 1. The number of amides is 1. The number of likely N-dealkylation sites (tertiary alicyclic amines) is 1. The van der Waals surface area contributed by atoms with Crippen LogP contribution in [0.2, 0.25) is 5.02 Å². The van der Waals surface area contributed by atoms with Gasteiger partial charge in [-0.2, -0.15) is 0 Å². The standard InChI is InChI=1S/C17H23ClN4O2/c1-10(2)21-8-13(14(9-21)24-4)20-17(23)16-11(3)19-15-6-5-12(18)7-22(15)16/h5-7,10,13-14H,8-9H2,1-4H3,(H,20,23)/t13-,14-/m0/s1. The molecule has 3 rings (SSSR count). The number of imidazole rings is 1. The second-order valence-electron chi connectivity index (χ2n) is 6.52. The maximum absolute atomic E-state index is 12.9. The number of hydrogen-bond donors (Lipinski definition) is 1. The van der Waals surface area contributed by atoms with Crippen LogP contribution in [0.4, 0.5) is 0 Å². The first-order valence-corrected chi connectivity index (χ1v) is 8.50. The molecule has 1 fully saturated rings. The molecule has 24 heavy (non-hydrogen) atoms. The first-order valence-electron chi connectivity index (χ1n) is 8.12. The lowest BCUT2D eigenvalue weighted by molar-refractivity contribution is 0.0749. The Bertz CT molecular complexity index is 758. The van der Waals surface area contributed by atoms with E-state index in [1.807, 2.05) is 6.92 Å². The van der Waals surface area contributed by atoms with E-state index in [4.69, 9.17) is 16.3 Å². The van der Waals surface area contributed by atoms with Gasteiger partial charge in [0.15, 0.2) is 0 Å². The summed E-state index contributed by atoms with van der Waals surface area (Å²) < 4.78 is 7.30. The van der Waals surface area contributed by atoms with Crippen LogP contribution >= 0.6 is 11.6 Å². The van der Waals surface area contributed by atoms with Crippen molar-refractivity contribution in [2.24, 2.45) is 0 Å². The summed E-state index contributed by atoms with van der Waals surface area (Å²) >= 11 is 6.07. The lowest BCUT2D eigenvalue weighted by atomic mass is 10.2. The topological polar surface area (TPSA) is 58.9 Å². The van der Waals surface area contributed by atoms with Gasteiger partial charge in [0.05, 0.1) is 22.9 Å². The fourth-order valence-corrected chi connectivity index (χ4v) is 3.41. The predicted molar refractivity (Wildman–Crippen MR) is 93.7 cm³/mol. The highest BCUT2D eigenvalue weighted by atomic mass is 35.5. The molecule has 2 aromatic heterocycles. The Morgan fingerprint density at radius 1 is 1.42 bits per heavy atom. The van der Waals surface area contributed by atoms with Crippen LogP contribution in [-0.4, -0.2) is 58.6 Å². The quantitative estimate of drug-likeness (QED) is 0.917. The smallest absolute Gasteiger partial charge is 0.270 e. The third-order valence-electron chi connectivity index (χ3n) is 4.62. The molecule has 130 valence electrons. The van der Waals surface area contributed by atoms with Gasteiger partial charge in [0.1, 0.15) is 11.3 Å². The minimum absolute atomic E-state index is 0.0144. The van der Waals surface area contributed by atoms with E-state index < -0.39 is 0 Å². The average Bonchev–Trinajstić information content (AvgIpc) is 3.07. The van der Waals surface area contributed by atoms with Gasteiger partial charge in [-0.1, -0.05) is 11.6 Å². The fraction of sp³-hybridized carbons (Fsp3) is 0.529. The van der Waals surface area contributed by atoms with E-state index >= 15 is 0 Å². The number of aryl methyl sites for hydroxylation is 1. The second kappa shape index (κ2) is 6.70. The molecule has 0 saturated carbocycles. The molecule has 1 amide bonds. The summed E-state index contributed by atoms with van der Waals surface area (Å²) in [5.74, 6) is -0.153. The van der Waals surface area contributed by atoms with E-state index in [1.165, 1.54) is 0 Å². The normalized spacial score (nSPS) is 21.8. The van der Waals surface area contributed by atoms with Gasteiger partial charge in [-0.3, -0.25) is 14.1 Å². The number of fused-ring (bicyclic) bond motifs is 1. The maximum atomic E-state index is 12.9. The first-order chi connectivity index (χ1) is 11.4. The molecule has 2 atom stereocenters. The Kier molecular flexibility index (Phi) is 4.80. The molecule has 6 nitrogen and oxygen atoms in total. The van der Waals surface area contributed by atoms with Gasteiger partial charge in [0, 0.05) is 32.4 Å². The van der Waals surface area contributed by atoms with E-state index in [2.05, 4.69) is 29.0 Å². The van der Waals surface area contributed by atoms with Crippen molar-refractivity contribution in [1.82, 2.24) is 19.6 Å². The monoisotopic (exact) mass is 350 g/mol. The van der Waals surface area contributed by atoms with Gasteiger partial charge in [-0.05, 0) is 32.9 Å². The zero-order valence-electron chi connectivity index (χ0n) is 14.4. The van der Waals surface area contributed by atoms with Gasteiger partial charge in [0.2, 0.25) is 0 Å². The highest BCUT2D eigenvalue weighted by Crippen LogP contribution is 2.19. The van der Waals surface area contributed by atoms with E-state index in [1.54, 1.807) is 29.8 Å². The number of hydrogen-bond acceptors (Lipinski definition) is 4. The number of methoxy groups -OCH3 is 1. The molecule has 0 bridgehead atoms. The van der Waals surface area contributed by atoms with Crippen molar-refractivity contribution in [3.05, 3.63) is 34.7 Å². The van der Waals surface area contributed by atoms with Crippen LogP contribution < -0.4 is 5.32 Å². The zero-order chi connectivity index (χ0) is 17.4. The number of carbonyl (C=O) groups is 1. The summed E-state index contributed by atoms with van der Waals surface area (Å²) in [6, 6.07) is 3.94. The first kappa shape index (κ1) is 17.2. The molecule has 0 aromatic carbocycles. The van der Waals surface area contributed by atoms with Crippen molar-refractivity contribution in [3.63, 3.8) is 0 Å². The second-order valence-corrected chi connectivity index (χ2v) is 6.96. The van der Waals surface area contributed by atoms with Gasteiger partial charge in [0.25, 0.3) is 5.91 Å². The van der Waals surface area contributed by atoms with E-state index in [0.29, 0.717) is 28.1 Å². The molecule has 1 saturated heterocycles. The molecule has 3 heterocycles. The average molecular weight is 351 g/mol. The maximum Gasteiger partial charge on any atom is 0.270 e. The summed E-state index contributed by atoms with van der Waals surface area (Å²) in [6.45, 7) is 7.72. The number of ether oxygens (including phenoxy) is 1. The number of rotatable bonds is 4. The van der Waals surface area contributed by atoms with Gasteiger partial charge in [-0.15, -0.1) is 0 Å². The van der Waals surface area contributed by atoms with E-state index in [-0.39, 0.29) is 18.1 Å². The molecule has 0 aliphatic carbocycles. The highest BCUT2D eigenvalue weighted by molar-refractivity contribution is 6.30. The van der Waals surface area contributed by atoms with Gasteiger partial charge >= 0.3 is 0 Å². The highest BCUT2D eigenvalue weighted by Gasteiger charge is 2.35. The zero-order valence-corrected chi connectivity index (χ0v) is 15.2. The SMILES string of the molecule is CO[C@H]1CN(C(C)C)C[C@@H]1NC(=O)c1c(C)nc2ccc(Cl)cn12. The number of carbonyl (C=O) groups excluding carboxylic acids is 1. The van der Waals surface area contributed by atoms with Crippen molar-refractivity contribution >= 4 is 23.2 Å². The molecule has 2 aromatic rings. The van der Waals surface area contributed by atoms with Crippen molar-refractivity contribution in [1.29, 1.82) is 0 Å².